The van der Waals surface area contributed by atoms with Gasteiger partial charge in [-0.15, -0.1) is 0 Å². The molecular weight excluding hydrogens is 351 g/mol. The van der Waals surface area contributed by atoms with Crippen LogP contribution in [-0.4, -0.2) is 10.1 Å². The number of halogens is 1. The van der Waals surface area contributed by atoms with Crippen LogP contribution in [0.4, 0.5) is 4.39 Å². The first kappa shape index (κ1) is 17.4. The summed E-state index contributed by atoms with van der Waals surface area (Å²) in [4.78, 5) is 4.57. The Bertz CT molecular complexity index is 992. The summed E-state index contributed by atoms with van der Waals surface area (Å²) in [6.45, 7) is 0. The minimum Gasteiger partial charge on any atom is -0.361 e. The Morgan fingerprint density at radius 3 is 2.82 bits per heavy atom. The molecule has 3 unspecified atom stereocenters. The third-order valence-corrected chi connectivity index (χ3v) is 6.33. The highest BCUT2D eigenvalue weighted by Gasteiger charge is 2.38. The van der Waals surface area contributed by atoms with E-state index in [9.17, 15) is 4.39 Å². The van der Waals surface area contributed by atoms with Gasteiger partial charge in [0.2, 0.25) is 0 Å². The van der Waals surface area contributed by atoms with Gasteiger partial charge in [-0.1, -0.05) is 42.3 Å². The van der Waals surface area contributed by atoms with Crippen molar-refractivity contribution in [2.75, 3.05) is 0 Å². The first-order valence-corrected chi connectivity index (χ1v) is 10.1. The van der Waals surface area contributed by atoms with E-state index in [0.29, 0.717) is 17.8 Å². The van der Waals surface area contributed by atoms with Gasteiger partial charge in [-0.2, -0.15) is 0 Å². The predicted molar refractivity (Wildman–Crippen MR) is 107 cm³/mol. The highest BCUT2D eigenvalue weighted by atomic mass is 19.1. The Balaban J connectivity index is 1.39. The number of pyridine rings is 1. The molecule has 0 aliphatic heterocycles. The molecule has 3 nitrogen and oxygen atoms in total. The van der Waals surface area contributed by atoms with Crippen LogP contribution < -0.4 is 0 Å². The molecule has 142 valence electrons. The summed E-state index contributed by atoms with van der Waals surface area (Å²) < 4.78 is 19.0. The van der Waals surface area contributed by atoms with Gasteiger partial charge in [0.15, 0.2) is 0 Å². The molecule has 0 spiro atoms. The molecule has 3 atom stereocenters. The number of aromatic nitrogens is 2. The normalized spacial score (nSPS) is 24.1. The van der Waals surface area contributed by atoms with Crippen LogP contribution in [0, 0.1) is 17.7 Å². The molecule has 2 aliphatic rings. The Morgan fingerprint density at radius 2 is 1.96 bits per heavy atom. The monoisotopic (exact) mass is 374 g/mol. The summed E-state index contributed by atoms with van der Waals surface area (Å²) in [6.07, 6.45) is 14.3. The number of hydrogen-bond acceptors (Lipinski definition) is 3. The van der Waals surface area contributed by atoms with E-state index in [2.05, 4.69) is 22.3 Å². The van der Waals surface area contributed by atoms with Crippen LogP contribution in [0.1, 0.15) is 48.6 Å². The zero-order valence-electron chi connectivity index (χ0n) is 15.7. The molecule has 2 aliphatic carbocycles. The zero-order chi connectivity index (χ0) is 18.9. The van der Waals surface area contributed by atoms with E-state index in [0.717, 1.165) is 29.0 Å². The topological polar surface area (TPSA) is 38.9 Å². The maximum Gasteiger partial charge on any atom is 0.140 e. The molecule has 5 rings (SSSR count). The molecule has 0 saturated heterocycles. The molecule has 0 bridgehead atoms. The second-order valence-corrected chi connectivity index (χ2v) is 7.98. The molecule has 0 N–H and O–H groups in total. The van der Waals surface area contributed by atoms with Gasteiger partial charge in [-0.05, 0) is 54.5 Å². The number of allylic oxidation sites excluding steroid dienone is 1. The van der Waals surface area contributed by atoms with E-state index in [1.165, 1.54) is 43.4 Å². The number of nitrogens with zero attached hydrogens (tertiary/aromatic N) is 2. The van der Waals surface area contributed by atoms with Crippen LogP contribution in [0.2, 0.25) is 0 Å². The molecule has 1 saturated carbocycles. The van der Waals surface area contributed by atoms with E-state index >= 15 is 0 Å². The Kier molecular flexibility index (Phi) is 4.55. The van der Waals surface area contributed by atoms with Crippen LogP contribution in [0.25, 0.3) is 17.2 Å². The number of fused-ring (bicyclic) bond motifs is 2. The van der Waals surface area contributed by atoms with Crippen LogP contribution in [0.3, 0.4) is 0 Å². The van der Waals surface area contributed by atoms with Crippen molar-refractivity contribution in [3.05, 3.63) is 77.7 Å². The van der Waals surface area contributed by atoms with Gasteiger partial charge < -0.3 is 4.52 Å². The van der Waals surface area contributed by atoms with E-state index in [1.54, 1.807) is 6.07 Å². The highest BCUT2D eigenvalue weighted by molar-refractivity contribution is 5.63. The highest BCUT2D eigenvalue weighted by Crippen LogP contribution is 2.47. The van der Waals surface area contributed by atoms with Crippen molar-refractivity contribution >= 4 is 6.08 Å². The lowest BCUT2D eigenvalue weighted by Crippen LogP contribution is -2.30. The fourth-order valence-electron chi connectivity index (χ4n) is 4.92. The average molecular weight is 374 g/mol. The predicted octanol–water partition coefficient (Wildman–Crippen LogP) is 6.04. The van der Waals surface area contributed by atoms with Crippen LogP contribution in [0.5, 0.6) is 0 Å². The summed E-state index contributed by atoms with van der Waals surface area (Å²) in [5.74, 6) is 2.55. The lowest BCUT2D eigenvalue weighted by Gasteiger charge is -2.39. The Hall–Kier alpha value is -2.75. The molecule has 1 fully saturated rings. The van der Waals surface area contributed by atoms with Gasteiger partial charge in [-0.25, -0.2) is 4.39 Å². The third-order valence-electron chi connectivity index (χ3n) is 6.33. The minimum atomic E-state index is -0.231. The molecule has 0 amide bonds. The fourth-order valence-corrected chi connectivity index (χ4v) is 4.92. The lowest BCUT2D eigenvalue weighted by atomic mass is 9.65. The van der Waals surface area contributed by atoms with Gasteiger partial charge in [-0.3, -0.25) is 4.98 Å². The van der Waals surface area contributed by atoms with Crippen molar-refractivity contribution < 1.29 is 8.91 Å². The first-order valence-electron chi connectivity index (χ1n) is 10.1. The molecular formula is C24H23FN2O. The molecule has 28 heavy (non-hydrogen) atoms. The van der Waals surface area contributed by atoms with E-state index < -0.39 is 0 Å². The molecule has 2 heterocycles. The second kappa shape index (κ2) is 7.34. The van der Waals surface area contributed by atoms with Crippen LogP contribution >= 0.6 is 0 Å². The molecule has 1 aromatic carbocycles. The van der Waals surface area contributed by atoms with Crippen molar-refractivity contribution in [1.29, 1.82) is 0 Å². The molecule has 3 aromatic rings. The van der Waals surface area contributed by atoms with Crippen molar-refractivity contribution in [2.45, 2.75) is 38.0 Å². The van der Waals surface area contributed by atoms with Gasteiger partial charge in [0.1, 0.15) is 11.6 Å². The number of hydrogen-bond donors (Lipinski definition) is 0. The summed E-state index contributed by atoms with van der Waals surface area (Å²) in [5, 5.41) is 4.06. The second-order valence-electron chi connectivity index (χ2n) is 7.98. The third kappa shape index (κ3) is 3.28. The van der Waals surface area contributed by atoms with Gasteiger partial charge in [0.05, 0.1) is 11.9 Å². The molecule has 0 radical (unpaired) electrons. The zero-order valence-corrected chi connectivity index (χ0v) is 15.7. The average Bonchev–Trinajstić information content (AvgIpc) is 3.20. The Morgan fingerprint density at radius 1 is 1.04 bits per heavy atom. The van der Waals surface area contributed by atoms with E-state index in [-0.39, 0.29) is 5.82 Å². The largest absolute Gasteiger partial charge is 0.361 e. The van der Waals surface area contributed by atoms with Crippen molar-refractivity contribution in [2.24, 2.45) is 11.8 Å². The van der Waals surface area contributed by atoms with Crippen molar-refractivity contribution in [1.82, 2.24) is 10.1 Å². The van der Waals surface area contributed by atoms with Gasteiger partial charge >= 0.3 is 0 Å². The maximum absolute atomic E-state index is 13.4. The number of rotatable bonds is 3. The fraction of sp³-hybridized carbons (Fsp3) is 0.333. The van der Waals surface area contributed by atoms with E-state index in [1.807, 2.05) is 30.6 Å². The van der Waals surface area contributed by atoms with Crippen LogP contribution in [-0.2, 0) is 6.42 Å². The van der Waals surface area contributed by atoms with Gasteiger partial charge in [0, 0.05) is 29.7 Å². The van der Waals surface area contributed by atoms with Crippen molar-refractivity contribution in [3.63, 3.8) is 0 Å². The van der Waals surface area contributed by atoms with Crippen molar-refractivity contribution in [3.8, 4) is 11.1 Å². The standard InChI is InChI=1S/C24H23FN2O/c25-19-6-3-5-16(12-19)18-8-9-20(26-14-18)10-11-22-21-7-2-1-4-17(21)13-24-23(22)15-27-28-24/h3,5-6,8-12,14-15,17,21-22H,1-2,4,7,13H2/b11-10+. The van der Waals surface area contributed by atoms with Crippen LogP contribution in [0.15, 0.2) is 59.4 Å². The lowest BCUT2D eigenvalue weighted by molar-refractivity contribution is 0.185. The summed E-state index contributed by atoms with van der Waals surface area (Å²) >= 11 is 0. The summed E-state index contributed by atoms with van der Waals surface area (Å²) in [5.41, 5.74) is 3.92. The quantitative estimate of drug-likeness (QED) is 0.561. The first-order chi connectivity index (χ1) is 13.8. The van der Waals surface area contributed by atoms with Gasteiger partial charge in [0.25, 0.3) is 0 Å². The summed E-state index contributed by atoms with van der Waals surface area (Å²) in [6, 6.07) is 10.6. The molecule has 2 aromatic heterocycles. The minimum absolute atomic E-state index is 0.231. The molecule has 4 heteroatoms. The number of benzene rings is 1. The maximum atomic E-state index is 13.4. The Labute approximate surface area is 164 Å². The summed E-state index contributed by atoms with van der Waals surface area (Å²) in [7, 11) is 0. The smallest absolute Gasteiger partial charge is 0.140 e. The SMILES string of the molecule is Fc1cccc(-c2ccc(/C=C/C3c4cnoc4CC4CCCCC43)nc2)c1. The van der Waals surface area contributed by atoms with E-state index in [4.69, 9.17) is 4.52 Å².